The molecule has 25 heavy (non-hydrogen) atoms. The molecule has 8 heteroatoms. The van der Waals surface area contributed by atoms with Gasteiger partial charge in [-0.2, -0.15) is 17.6 Å². The number of hydrogen-bond donors (Lipinski definition) is 1. The van der Waals surface area contributed by atoms with Crippen molar-refractivity contribution in [1.82, 2.24) is 14.5 Å². The van der Waals surface area contributed by atoms with E-state index < -0.39 is 10.0 Å². The van der Waals surface area contributed by atoms with Crippen molar-refractivity contribution < 1.29 is 8.42 Å². The molecule has 132 valence electrons. The largest absolute Gasteiger partial charge is 0.369 e. The lowest BCUT2D eigenvalue weighted by Crippen LogP contribution is -2.43. The lowest BCUT2D eigenvalue weighted by Gasteiger charge is -2.29. The molecular weight excluding hydrogens is 360 g/mol. The molecule has 0 bridgehead atoms. The molecule has 1 N–H and O–H groups in total. The molecule has 0 amide bonds. The van der Waals surface area contributed by atoms with Crippen molar-refractivity contribution in [2.45, 2.75) is 4.90 Å². The third-order valence-corrected chi connectivity index (χ3v) is 5.88. The summed E-state index contributed by atoms with van der Waals surface area (Å²) in [5, 5.41) is 8.28. The molecule has 3 aromatic rings. The van der Waals surface area contributed by atoms with Gasteiger partial charge in [-0.3, -0.25) is 0 Å². The summed E-state index contributed by atoms with van der Waals surface area (Å²) in [6.45, 7) is 3.81. The van der Waals surface area contributed by atoms with Crippen molar-refractivity contribution in [3.8, 4) is 0 Å². The number of nitrogens with zero attached hydrogens (tertiary/aromatic N) is 3. The summed E-state index contributed by atoms with van der Waals surface area (Å²) < 4.78 is 26.7. The zero-order valence-electron chi connectivity index (χ0n) is 13.5. The standard InChI is InChI=1S/C17H18N4O2S.ClH/c22-24(23,16-4-2-1-3-5-16)21-17-7-6-15(12-14(17)13-19-21)20-10-8-18-9-11-20;/h1-7,12-13,18H,8-11H2;1H. The van der Waals surface area contributed by atoms with Crippen LogP contribution < -0.4 is 10.2 Å². The fourth-order valence-corrected chi connectivity index (χ4v) is 4.30. The van der Waals surface area contributed by atoms with E-state index in [0.717, 1.165) is 41.3 Å². The van der Waals surface area contributed by atoms with Crippen molar-refractivity contribution in [1.29, 1.82) is 0 Å². The van der Waals surface area contributed by atoms with Crippen LogP contribution in [0.3, 0.4) is 0 Å². The first-order valence-electron chi connectivity index (χ1n) is 7.90. The van der Waals surface area contributed by atoms with Gasteiger partial charge in [-0.15, -0.1) is 12.4 Å². The first-order valence-corrected chi connectivity index (χ1v) is 9.34. The number of rotatable bonds is 3. The second-order valence-corrected chi connectivity index (χ2v) is 7.55. The van der Waals surface area contributed by atoms with Crippen molar-refractivity contribution >= 4 is 39.0 Å². The summed E-state index contributed by atoms with van der Waals surface area (Å²) in [6, 6.07) is 14.2. The predicted octanol–water partition coefficient (Wildman–Crippen LogP) is 2.10. The monoisotopic (exact) mass is 378 g/mol. The highest BCUT2D eigenvalue weighted by Gasteiger charge is 2.20. The Morgan fingerprint density at radius 3 is 2.44 bits per heavy atom. The Hall–Kier alpha value is -2.09. The normalized spacial score (nSPS) is 15.1. The van der Waals surface area contributed by atoms with E-state index in [-0.39, 0.29) is 17.3 Å². The minimum Gasteiger partial charge on any atom is -0.369 e. The third kappa shape index (κ3) is 3.22. The summed E-state index contributed by atoms with van der Waals surface area (Å²) in [4.78, 5) is 2.53. The van der Waals surface area contributed by atoms with Gasteiger partial charge in [0.25, 0.3) is 10.0 Å². The molecule has 0 aliphatic carbocycles. The molecule has 0 unspecified atom stereocenters. The maximum atomic E-state index is 12.8. The van der Waals surface area contributed by atoms with Crippen LogP contribution in [0.5, 0.6) is 0 Å². The minimum absolute atomic E-state index is 0. The molecule has 1 saturated heterocycles. The predicted molar refractivity (Wildman–Crippen MR) is 101 cm³/mol. The van der Waals surface area contributed by atoms with Gasteiger partial charge < -0.3 is 10.2 Å². The molecule has 0 atom stereocenters. The molecule has 1 aromatic heterocycles. The average Bonchev–Trinajstić information content (AvgIpc) is 3.07. The van der Waals surface area contributed by atoms with E-state index in [4.69, 9.17) is 0 Å². The fourth-order valence-electron chi connectivity index (χ4n) is 3.00. The highest BCUT2D eigenvalue weighted by atomic mass is 35.5. The van der Waals surface area contributed by atoms with Crippen LogP contribution in [0.2, 0.25) is 0 Å². The molecule has 2 heterocycles. The number of halogens is 1. The summed E-state index contributed by atoms with van der Waals surface area (Å²) in [5.74, 6) is 0. The van der Waals surface area contributed by atoms with Crippen LogP contribution in [-0.4, -0.2) is 43.8 Å². The molecule has 2 aromatic carbocycles. The number of fused-ring (bicyclic) bond motifs is 1. The van der Waals surface area contributed by atoms with Crippen LogP contribution in [-0.2, 0) is 10.0 Å². The van der Waals surface area contributed by atoms with Gasteiger partial charge in [0.05, 0.1) is 16.6 Å². The summed E-state index contributed by atoms with van der Waals surface area (Å²) in [5.41, 5.74) is 1.69. The molecule has 0 saturated carbocycles. The quantitative estimate of drug-likeness (QED) is 0.756. The number of hydrogen-bond acceptors (Lipinski definition) is 5. The van der Waals surface area contributed by atoms with E-state index in [9.17, 15) is 8.42 Å². The fraction of sp³-hybridized carbons (Fsp3) is 0.235. The number of nitrogens with one attached hydrogen (secondary N) is 1. The van der Waals surface area contributed by atoms with Gasteiger partial charge in [-0.1, -0.05) is 18.2 Å². The van der Waals surface area contributed by atoms with Gasteiger partial charge in [0.2, 0.25) is 0 Å². The molecular formula is C17H19ClN4O2S. The second-order valence-electron chi connectivity index (χ2n) is 5.79. The smallest absolute Gasteiger partial charge is 0.283 e. The topological polar surface area (TPSA) is 67.2 Å². The zero-order valence-corrected chi connectivity index (χ0v) is 15.1. The second kappa shape index (κ2) is 7.03. The summed E-state index contributed by atoms with van der Waals surface area (Å²) >= 11 is 0. The van der Waals surface area contributed by atoms with Gasteiger partial charge in [0, 0.05) is 37.3 Å². The van der Waals surface area contributed by atoms with Crippen molar-refractivity contribution in [3.05, 3.63) is 54.7 Å². The Morgan fingerprint density at radius 2 is 1.72 bits per heavy atom. The first kappa shape index (κ1) is 17.7. The first-order chi connectivity index (χ1) is 11.7. The van der Waals surface area contributed by atoms with Crippen LogP contribution in [0, 0.1) is 0 Å². The molecule has 1 aliphatic rings. The molecule has 1 aliphatic heterocycles. The van der Waals surface area contributed by atoms with Crippen LogP contribution in [0.15, 0.2) is 59.6 Å². The van der Waals surface area contributed by atoms with Gasteiger partial charge in [-0.25, -0.2) is 0 Å². The van der Waals surface area contributed by atoms with Crippen LogP contribution >= 0.6 is 12.4 Å². The summed E-state index contributed by atoms with van der Waals surface area (Å²) in [7, 11) is -3.68. The van der Waals surface area contributed by atoms with Crippen molar-refractivity contribution in [2.24, 2.45) is 0 Å². The lowest BCUT2D eigenvalue weighted by atomic mass is 10.2. The van der Waals surface area contributed by atoms with Crippen LogP contribution in [0.25, 0.3) is 10.9 Å². The van der Waals surface area contributed by atoms with E-state index in [1.54, 1.807) is 36.5 Å². The molecule has 1 fully saturated rings. The Labute approximate surface area is 152 Å². The number of benzene rings is 2. The highest BCUT2D eigenvalue weighted by molar-refractivity contribution is 7.90. The number of anilines is 1. The number of aromatic nitrogens is 2. The molecule has 4 rings (SSSR count). The minimum atomic E-state index is -3.68. The highest BCUT2D eigenvalue weighted by Crippen LogP contribution is 2.25. The van der Waals surface area contributed by atoms with E-state index in [1.807, 2.05) is 18.2 Å². The van der Waals surface area contributed by atoms with E-state index in [1.165, 1.54) is 0 Å². The van der Waals surface area contributed by atoms with E-state index in [2.05, 4.69) is 15.3 Å². The van der Waals surface area contributed by atoms with Crippen molar-refractivity contribution in [2.75, 3.05) is 31.1 Å². The van der Waals surface area contributed by atoms with Gasteiger partial charge in [-0.05, 0) is 30.3 Å². The average molecular weight is 379 g/mol. The van der Waals surface area contributed by atoms with Crippen molar-refractivity contribution in [3.63, 3.8) is 0 Å². The zero-order chi connectivity index (χ0) is 16.6. The Kier molecular flexibility index (Phi) is 4.99. The Bertz CT molecular complexity index is 967. The molecule has 6 nitrogen and oxygen atoms in total. The third-order valence-electron chi connectivity index (χ3n) is 4.27. The molecule has 0 spiro atoms. The van der Waals surface area contributed by atoms with Gasteiger partial charge in [0.1, 0.15) is 0 Å². The Balaban J connectivity index is 0.00000182. The van der Waals surface area contributed by atoms with E-state index >= 15 is 0 Å². The SMILES string of the molecule is Cl.O=S(=O)(c1ccccc1)n1ncc2cc(N3CCNCC3)ccc21. The summed E-state index contributed by atoms with van der Waals surface area (Å²) in [6.07, 6.45) is 1.61. The number of piperazine rings is 1. The maximum absolute atomic E-state index is 12.8. The Morgan fingerprint density at radius 1 is 1.00 bits per heavy atom. The van der Waals surface area contributed by atoms with E-state index in [0.29, 0.717) is 5.52 Å². The van der Waals surface area contributed by atoms with Crippen LogP contribution in [0.1, 0.15) is 0 Å². The molecule has 0 radical (unpaired) electrons. The maximum Gasteiger partial charge on any atom is 0.283 e. The lowest BCUT2D eigenvalue weighted by molar-refractivity contribution is 0.582. The van der Waals surface area contributed by atoms with Gasteiger partial charge >= 0.3 is 0 Å². The van der Waals surface area contributed by atoms with Crippen LogP contribution in [0.4, 0.5) is 5.69 Å². The van der Waals surface area contributed by atoms with Gasteiger partial charge in [0.15, 0.2) is 0 Å².